The summed E-state index contributed by atoms with van der Waals surface area (Å²) >= 11 is 5.75. The van der Waals surface area contributed by atoms with Gasteiger partial charge in [-0.25, -0.2) is 14.1 Å². The number of rotatable bonds is 4. The highest BCUT2D eigenvalue weighted by Crippen LogP contribution is 2.23. The Kier molecular flexibility index (Phi) is 3.93. The van der Waals surface area contributed by atoms with Crippen molar-refractivity contribution in [1.29, 1.82) is 0 Å². The summed E-state index contributed by atoms with van der Waals surface area (Å²) in [6.45, 7) is 2.80. The first-order valence-electron chi connectivity index (χ1n) is 5.71. The fourth-order valence-corrected chi connectivity index (χ4v) is 1.94. The molecule has 4 nitrogen and oxygen atoms in total. The zero-order valence-corrected chi connectivity index (χ0v) is 10.7. The monoisotopic (exact) mass is 268 g/mol. The van der Waals surface area contributed by atoms with Crippen molar-refractivity contribution in [1.82, 2.24) is 14.8 Å². The van der Waals surface area contributed by atoms with Gasteiger partial charge in [0.05, 0.1) is 11.1 Å². The number of hydrogen-bond donors (Lipinski definition) is 1. The van der Waals surface area contributed by atoms with Gasteiger partial charge in [-0.15, -0.1) is 0 Å². The molecule has 0 spiro atoms. The molecule has 1 heterocycles. The van der Waals surface area contributed by atoms with E-state index < -0.39 is 11.9 Å². The molecule has 0 aliphatic carbocycles. The summed E-state index contributed by atoms with van der Waals surface area (Å²) in [4.78, 5) is 4.15. The quantitative estimate of drug-likeness (QED) is 0.927. The second kappa shape index (κ2) is 5.46. The first-order chi connectivity index (χ1) is 8.63. The molecule has 1 unspecified atom stereocenters. The van der Waals surface area contributed by atoms with Crippen LogP contribution in [0.15, 0.2) is 24.5 Å². The molecular weight excluding hydrogens is 255 g/mol. The van der Waals surface area contributed by atoms with Gasteiger partial charge in [-0.05, 0) is 24.1 Å². The van der Waals surface area contributed by atoms with E-state index in [9.17, 15) is 4.39 Å². The predicted molar refractivity (Wildman–Crippen MR) is 67.8 cm³/mol. The Balaban J connectivity index is 2.32. The summed E-state index contributed by atoms with van der Waals surface area (Å²) in [5, 5.41) is 4.17. The number of aromatic nitrogens is 3. The Bertz CT molecular complexity index is 541. The Morgan fingerprint density at radius 2 is 2.28 bits per heavy atom. The van der Waals surface area contributed by atoms with Gasteiger partial charge in [0.2, 0.25) is 0 Å². The summed E-state index contributed by atoms with van der Waals surface area (Å²) in [5.41, 5.74) is 6.82. The molecule has 1 atom stereocenters. The molecule has 1 aromatic carbocycles. The lowest BCUT2D eigenvalue weighted by atomic mass is 10.1. The fourth-order valence-electron chi connectivity index (χ4n) is 1.75. The smallest absolute Gasteiger partial charge is 0.148 e. The van der Waals surface area contributed by atoms with Crippen molar-refractivity contribution in [3.05, 3.63) is 46.8 Å². The number of hydrogen-bond acceptors (Lipinski definition) is 3. The van der Waals surface area contributed by atoms with Crippen LogP contribution in [0.1, 0.15) is 30.8 Å². The SMILES string of the molecule is CCCn1ncnc1C(N)c1ccc(F)c(Cl)c1. The van der Waals surface area contributed by atoms with Gasteiger partial charge < -0.3 is 5.73 Å². The maximum Gasteiger partial charge on any atom is 0.148 e. The van der Waals surface area contributed by atoms with Crippen molar-refractivity contribution < 1.29 is 4.39 Å². The minimum Gasteiger partial charge on any atom is -0.318 e. The van der Waals surface area contributed by atoms with Crippen LogP contribution in [-0.4, -0.2) is 14.8 Å². The van der Waals surface area contributed by atoms with Gasteiger partial charge in [-0.2, -0.15) is 5.10 Å². The maximum absolute atomic E-state index is 13.1. The van der Waals surface area contributed by atoms with Crippen LogP contribution >= 0.6 is 11.6 Å². The van der Waals surface area contributed by atoms with Gasteiger partial charge in [0, 0.05) is 6.54 Å². The van der Waals surface area contributed by atoms with Gasteiger partial charge >= 0.3 is 0 Å². The van der Waals surface area contributed by atoms with E-state index in [1.165, 1.54) is 18.5 Å². The Hall–Kier alpha value is -1.46. The van der Waals surface area contributed by atoms with Crippen molar-refractivity contribution >= 4 is 11.6 Å². The highest BCUT2D eigenvalue weighted by molar-refractivity contribution is 6.30. The molecule has 0 fully saturated rings. The summed E-state index contributed by atoms with van der Waals surface area (Å²) in [7, 11) is 0. The van der Waals surface area contributed by atoms with Crippen LogP contribution in [0.3, 0.4) is 0 Å². The summed E-state index contributed by atoms with van der Waals surface area (Å²) in [5.74, 6) is 0.196. The molecule has 0 saturated heterocycles. The van der Waals surface area contributed by atoms with Gasteiger partial charge in [-0.1, -0.05) is 24.6 Å². The molecule has 0 saturated carbocycles. The second-order valence-electron chi connectivity index (χ2n) is 3.99. The third kappa shape index (κ3) is 2.52. The number of nitrogens with two attached hydrogens (primary N) is 1. The molecule has 2 aromatic rings. The zero-order chi connectivity index (χ0) is 13.1. The van der Waals surface area contributed by atoms with Crippen LogP contribution in [0.2, 0.25) is 5.02 Å². The first kappa shape index (κ1) is 13.0. The van der Waals surface area contributed by atoms with Crippen molar-refractivity contribution in [3.8, 4) is 0 Å². The average molecular weight is 269 g/mol. The van der Waals surface area contributed by atoms with Crippen LogP contribution in [0, 0.1) is 5.82 Å². The maximum atomic E-state index is 13.1. The number of halogens is 2. The molecule has 6 heteroatoms. The van der Waals surface area contributed by atoms with Crippen molar-refractivity contribution in [2.24, 2.45) is 5.73 Å². The van der Waals surface area contributed by atoms with E-state index in [4.69, 9.17) is 17.3 Å². The predicted octanol–water partition coefficient (Wildman–Crippen LogP) is 2.53. The Morgan fingerprint density at radius 3 is 2.94 bits per heavy atom. The van der Waals surface area contributed by atoms with Crippen molar-refractivity contribution in [3.63, 3.8) is 0 Å². The fraction of sp³-hybridized carbons (Fsp3) is 0.333. The molecule has 2 N–H and O–H groups in total. The van der Waals surface area contributed by atoms with E-state index in [0.717, 1.165) is 13.0 Å². The van der Waals surface area contributed by atoms with Crippen molar-refractivity contribution in [2.75, 3.05) is 0 Å². The number of nitrogens with zero attached hydrogens (tertiary/aromatic N) is 3. The lowest BCUT2D eigenvalue weighted by molar-refractivity contribution is 0.552. The summed E-state index contributed by atoms with van der Waals surface area (Å²) in [6.07, 6.45) is 2.41. The Labute approximate surface area is 110 Å². The molecule has 0 radical (unpaired) electrons. The van der Waals surface area contributed by atoms with Crippen LogP contribution < -0.4 is 5.73 Å². The lowest BCUT2D eigenvalue weighted by Crippen LogP contribution is -2.18. The normalized spacial score (nSPS) is 12.7. The molecule has 96 valence electrons. The topological polar surface area (TPSA) is 56.7 Å². The second-order valence-corrected chi connectivity index (χ2v) is 4.40. The lowest BCUT2D eigenvalue weighted by Gasteiger charge is -2.13. The molecule has 2 rings (SSSR count). The number of benzene rings is 1. The van der Waals surface area contributed by atoms with Crippen LogP contribution in [0.4, 0.5) is 4.39 Å². The van der Waals surface area contributed by atoms with Crippen LogP contribution in [0.25, 0.3) is 0 Å². The Morgan fingerprint density at radius 1 is 1.50 bits per heavy atom. The molecule has 1 aromatic heterocycles. The van der Waals surface area contributed by atoms with Crippen LogP contribution in [-0.2, 0) is 6.54 Å². The van der Waals surface area contributed by atoms with Gasteiger partial charge in [0.25, 0.3) is 0 Å². The van der Waals surface area contributed by atoms with E-state index in [-0.39, 0.29) is 5.02 Å². The van der Waals surface area contributed by atoms with E-state index in [1.54, 1.807) is 10.7 Å². The molecule has 0 aliphatic heterocycles. The largest absolute Gasteiger partial charge is 0.318 e. The highest BCUT2D eigenvalue weighted by atomic mass is 35.5. The molecule has 0 aliphatic rings. The van der Waals surface area contributed by atoms with E-state index in [1.807, 2.05) is 6.92 Å². The third-order valence-corrected chi connectivity index (χ3v) is 2.95. The van der Waals surface area contributed by atoms with E-state index >= 15 is 0 Å². The first-order valence-corrected chi connectivity index (χ1v) is 6.09. The van der Waals surface area contributed by atoms with Crippen LogP contribution in [0.5, 0.6) is 0 Å². The average Bonchev–Trinajstić information content (AvgIpc) is 2.80. The van der Waals surface area contributed by atoms with Gasteiger partial charge in [0.1, 0.15) is 18.0 Å². The summed E-state index contributed by atoms with van der Waals surface area (Å²) < 4.78 is 14.9. The zero-order valence-electron chi connectivity index (χ0n) is 9.98. The van der Waals surface area contributed by atoms with Gasteiger partial charge in [-0.3, -0.25) is 0 Å². The minimum atomic E-state index is -0.461. The standard InChI is InChI=1S/C12H14ClFN4/c1-2-5-18-12(16-7-17-18)11(15)8-3-4-10(14)9(13)6-8/h3-4,6-7,11H,2,5,15H2,1H3. The van der Waals surface area contributed by atoms with E-state index in [2.05, 4.69) is 10.1 Å². The molecular formula is C12H14ClFN4. The van der Waals surface area contributed by atoms with Gasteiger partial charge in [0.15, 0.2) is 0 Å². The third-order valence-electron chi connectivity index (χ3n) is 2.66. The molecule has 0 amide bonds. The van der Waals surface area contributed by atoms with Crippen molar-refractivity contribution in [2.45, 2.75) is 25.9 Å². The molecule has 18 heavy (non-hydrogen) atoms. The minimum absolute atomic E-state index is 0.0597. The number of aryl methyl sites for hydroxylation is 1. The summed E-state index contributed by atoms with van der Waals surface area (Å²) in [6, 6.07) is 3.97. The highest BCUT2D eigenvalue weighted by Gasteiger charge is 2.16. The van der Waals surface area contributed by atoms with E-state index in [0.29, 0.717) is 11.4 Å². The molecule has 0 bridgehead atoms.